The van der Waals surface area contributed by atoms with E-state index in [4.69, 9.17) is 4.74 Å². The summed E-state index contributed by atoms with van der Waals surface area (Å²) in [7, 11) is -3.77. The normalized spacial score (nSPS) is 12.3. The quantitative estimate of drug-likeness (QED) is 0.756. The number of rotatable bonds is 6. The van der Waals surface area contributed by atoms with Gasteiger partial charge < -0.3 is 4.74 Å². The Hall–Kier alpha value is -1.82. The van der Waals surface area contributed by atoms with Gasteiger partial charge >= 0.3 is 0 Å². The van der Waals surface area contributed by atoms with Crippen molar-refractivity contribution >= 4 is 10.0 Å². The van der Waals surface area contributed by atoms with Crippen molar-refractivity contribution in [2.45, 2.75) is 50.8 Å². The Kier molecular flexibility index (Phi) is 5.14. The summed E-state index contributed by atoms with van der Waals surface area (Å²) in [5, 5.41) is 3.87. The van der Waals surface area contributed by atoms with Crippen molar-refractivity contribution in [3.8, 4) is 5.75 Å². The number of unbranched alkanes of at least 4 members (excludes halogenated alkanes) is 1. The summed E-state index contributed by atoms with van der Waals surface area (Å²) >= 11 is 0. The fourth-order valence-electron chi connectivity index (χ4n) is 2.12. The SMILES string of the molecule is CCCCOc1ccc(C(C)(C)C)cc1S(=O)(=O)n1cccn1. The van der Waals surface area contributed by atoms with Gasteiger partial charge in [0, 0.05) is 6.20 Å². The van der Waals surface area contributed by atoms with Crippen LogP contribution in [0.1, 0.15) is 46.1 Å². The largest absolute Gasteiger partial charge is 0.492 e. The number of nitrogens with zero attached hydrogens (tertiary/aromatic N) is 2. The lowest BCUT2D eigenvalue weighted by atomic mass is 9.87. The van der Waals surface area contributed by atoms with Gasteiger partial charge in [0.2, 0.25) is 0 Å². The van der Waals surface area contributed by atoms with Gasteiger partial charge in [-0.25, -0.2) is 0 Å². The maximum Gasteiger partial charge on any atom is 0.286 e. The van der Waals surface area contributed by atoms with Crippen LogP contribution < -0.4 is 4.74 Å². The number of aromatic nitrogens is 2. The molecule has 1 heterocycles. The zero-order chi connectivity index (χ0) is 17.1. The van der Waals surface area contributed by atoms with Gasteiger partial charge in [0.05, 0.1) is 12.8 Å². The van der Waals surface area contributed by atoms with Gasteiger partial charge in [-0.15, -0.1) is 0 Å². The van der Waals surface area contributed by atoms with Crippen LogP contribution in [0.5, 0.6) is 5.75 Å². The molecule has 0 fully saturated rings. The molecule has 0 saturated heterocycles. The van der Waals surface area contributed by atoms with E-state index in [-0.39, 0.29) is 10.3 Å². The first-order valence-electron chi connectivity index (χ1n) is 7.79. The zero-order valence-corrected chi connectivity index (χ0v) is 14.9. The van der Waals surface area contributed by atoms with Crippen molar-refractivity contribution in [3.63, 3.8) is 0 Å². The summed E-state index contributed by atoms with van der Waals surface area (Å²) in [5.74, 6) is 0.377. The van der Waals surface area contributed by atoms with Crippen molar-refractivity contribution in [2.24, 2.45) is 0 Å². The van der Waals surface area contributed by atoms with Crippen LogP contribution in [-0.2, 0) is 15.4 Å². The highest BCUT2D eigenvalue weighted by Gasteiger charge is 2.25. The number of hydrogen-bond donors (Lipinski definition) is 0. The second kappa shape index (κ2) is 6.74. The Balaban J connectivity index is 2.52. The van der Waals surface area contributed by atoms with E-state index in [2.05, 4.69) is 12.0 Å². The molecular weight excluding hydrogens is 312 g/mol. The molecule has 0 aliphatic heterocycles. The maximum atomic E-state index is 12.8. The van der Waals surface area contributed by atoms with Gasteiger partial charge in [0.25, 0.3) is 10.0 Å². The smallest absolute Gasteiger partial charge is 0.286 e. The van der Waals surface area contributed by atoms with Gasteiger partial charge in [0.15, 0.2) is 0 Å². The average molecular weight is 336 g/mol. The molecule has 0 N–H and O–H groups in total. The average Bonchev–Trinajstić information content (AvgIpc) is 3.01. The monoisotopic (exact) mass is 336 g/mol. The topological polar surface area (TPSA) is 61.2 Å². The molecule has 1 aromatic heterocycles. The standard InChI is InChI=1S/C17H24N2O3S/c1-5-6-12-22-15-9-8-14(17(2,3)4)13-16(15)23(20,21)19-11-7-10-18-19/h7-11,13H,5-6,12H2,1-4H3. The Morgan fingerprint density at radius 3 is 2.57 bits per heavy atom. The highest BCUT2D eigenvalue weighted by molar-refractivity contribution is 7.90. The molecule has 6 heteroatoms. The Bertz CT molecular complexity index is 745. The Labute approximate surface area is 138 Å². The Morgan fingerprint density at radius 2 is 2.00 bits per heavy atom. The van der Waals surface area contributed by atoms with Crippen LogP contribution in [0.2, 0.25) is 0 Å². The molecule has 1 aromatic carbocycles. The van der Waals surface area contributed by atoms with E-state index in [9.17, 15) is 8.42 Å². The minimum Gasteiger partial charge on any atom is -0.492 e. The lowest BCUT2D eigenvalue weighted by molar-refractivity contribution is 0.301. The van der Waals surface area contributed by atoms with Crippen LogP contribution in [0.3, 0.4) is 0 Å². The molecule has 0 unspecified atom stereocenters. The van der Waals surface area contributed by atoms with Crippen molar-refractivity contribution in [2.75, 3.05) is 6.61 Å². The highest BCUT2D eigenvalue weighted by Crippen LogP contribution is 2.32. The molecule has 2 rings (SSSR count). The minimum absolute atomic E-state index is 0.156. The lowest BCUT2D eigenvalue weighted by Gasteiger charge is -2.21. The molecule has 126 valence electrons. The number of hydrogen-bond acceptors (Lipinski definition) is 4. The molecule has 0 aliphatic rings. The minimum atomic E-state index is -3.77. The van der Waals surface area contributed by atoms with Crippen LogP contribution in [0.4, 0.5) is 0 Å². The third-order valence-electron chi connectivity index (χ3n) is 3.57. The summed E-state index contributed by atoms with van der Waals surface area (Å²) in [5.41, 5.74) is 0.780. The van der Waals surface area contributed by atoms with E-state index in [0.29, 0.717) is 12.4 Å². The summed E-state index contributed by atoms with van der Waals surface area (Å²) in [6, 6.07) is 6.94. The molecule has 5 nitrogen and oxygen atoms in total. The van der Waals surface area contributed by atoms with Gasteiger partial charge in [0.1, 0.15) is 10.6 Å². The van der Waals surface area contributed by atoms with Crippen LogP contribution >= 0.6 is 0 Å². The molecule has 0 radical (unpaired) electrons. The molecule has 0 aliphatic carbocycles. The van der Waals surface area contributed by atoms with Crippen molar-refractivity contribution in [1.29, 1.82) is 0 Å². The molecule has 0 amide bonds. The van der Waals surface area contributed by atoms with Crippen molar-refractivity contribution in [1.82, 2.24) is 9.19 Å². The van der Waals surface area contributed by atoms with E-state index < -0.39 is 10.0 Å². The number of ether oxygens (including phenoxy) is 1. The van der Waals surface area contributed by atoms with Crippen molar-refractivity contribution < 1.29 is 13.2 Å². The first-order chi connectivity index (χ1) is 10.8. The molecular formula is C17H24N2O3S. The number of benzene rings is 1. The fourth-order valence-corrected chi connectivity index (χ4v) is 3.39. The van der Waals surface area contributed by atoms with Gasteiger partial charge in [-0.2, -0.15) is 17.6 Å². The predicted molar refractivity (Wildman–Crippen MR) is 90.4 cm³/mol. The molecule has 0 spiro atoms. The van der Waals surface area contributed by atoms with Crippen LogP contribution in [0.25, 0.3) is 0 Å². The van der Waals surface area contributed by atoms with E-state index in [0.717, 1.165) is 22.5 Å². The maximum absolute atomic E-state index is 12.8. The van der Waals surface area contributed by atoms with E-state index in [1.165, 1.54) is 12.4 Å². The summed E-state index contributed by atoms with van der Waals surface area (Å²) < 4.78 is 32.4. The predicted octanol–water partition coefficient (Wildman–Crippen LogP) is 3.60. The molecule has 2 aromatic rings. The van der Waals surface area contributed by atoms with Crippen LogP contribution in [0, 0.1) is 0 Å². The van der Waals surface area contributed by atoms with E-state index >= 15 is 0 Å². The van der Waals surface area contributed by atoms with E-state index in [1.54, 1.807) is 18.2 Å². The fraction of sp³-hybridized carbons (Fsp3) is 0.471. The van der Waals surface area contributed by atoms with Crippen molar-refractivity contribution in [3.05, 3.63) is 42.2 Å². The molecule has 0 saturated carbocycles. The van der Waals surface area contributed by atoms with Gasteiger partial charge in [-0.3, -0.25) is 0 Å². The van der Waals surface area contributed by atoms with Gasteiger partial charge in [-0.05, 0) is 35.6 Å². The molecule has 23 heavy (non-hydrogen) atoms. The Morgan fingerprint density at radius 1 is 1.26 bits per heavy atom. The second-order valence-electron chi connectivity index (χ2n) is 6.50. The first-order valence-corrected chi connectivity index (χ1v) is 9.23. The highest BCUT2D eigenvalue weighted by atomic mass is 32.2. The third-order valence-corrected chi connectivity index (χ3v) is 5.15. The van der Waals surface area contributed by atoms with E-state index in [1.807, 2.05) is 26.8 Å². The molecule has 0 bridgehead atoms. The summed E-state index contributed by atoms with van der Waals surface area (Å²) in [6.45, 7) is 8.69. The molecule has 0 atom stereocenters. The lowest BCUT2D eigenvalue weighted by Crippen LogP contribution is -2.18. The summed E-state index contributed by atoms with van der Waals surface area (Å²) in [6.07, 6.45) is 4.74. The second-order valence-corrected chi connectivity index (χ2v) is 8.26. The third kappa shape index (κ3) is 3.93. The van der Waals surface area contributed by atoms with Gasteiger partial charge in [-0.1, -0.05) is 40.2 Å². The van der Waals surface area contributed by atoms with Crippen LogP contribution in [0.15, 0.2) is 41.6 Å². The van der Waals surface area contributed by atoms with Crippen LogP contribution in [-0.4, -0.2) is 24.2 Å². The summed E-state index contributed by atoms with van der Waals surface area (Å²) in [4.78, 5) is 0.157. The first kappa shape index (κ1) is 17.5. The zero-order valence-electron chi connectivity index (χ0n) is 14.1.